The average molecular weight is 198 g/mol. The molecule has 2 nitrogen and oxygen atoms in total. The highest BCUT2D eigenvalue weighted by molar-refractivity contribution is 6.17. The van der Waals surface area contributed by atoms with Crippen molar-refractivity contribution in [2.75, 3.05) is 0 Å². The maximum atomic E-state index is 10.9. The highest BCUT2D eigenvalue weighted by Gasteiger charge is 2.10. The summed E-state index contributed by atoms with van der Waals surface area (Å²) in [6, 6.07) is 7.57. The lowest BCUT2D eigenvalue weighted by Gasteiger charge is -2.07. The molecule has 70 valence electrons. The van der Waals surface area contributed by atoms with E-state index in [9.17, 15) is 4.79 Å². The Bertz CT molecular complexity index is 294. The van der Waals surface area contributed by atoms with Crippen molar-refractivity contribution in [1.29, 1.82) is 0 Å². The van der Waals surface area contributed by atoms with Gasteiger partial charge in [-0.05, 0) is 18.1 Å². The van der Waals surface area contributed by atoms with Crippen LogP contribution in [0.5, 0.6) is 0 Å². The number of hydrogen-bond acceptors (Lipinski definition) is 1. The number of amides is 1. The number of carbonyl (C=O) groups is 1. The number of nitrogens with two attached hydrogens (primary N) is 1. The van der Waals surface area contributed by atoms with E-state index in [4.69, 9.17) is 17.3 Å². The van der Waals surface area contributed by atoms with Crippen LogP contribution < -0.4 is 5.73 Å². The van der Waals surface area contributed by atoms with Gasteiger partial charge in [-0.1, -0.05) is 24.3 Å². The van der Waals surface area contributed by atoms with Crippen LogP contribution in [0.3, 0.4) is 0 Å². The second-order valence-corrected chi connectivity index (χ2v) is 3.27. The van der Waals surface area contributed by atoms with Crippen LogP contribution in [0.25, 0.3) is 0 Å². The molecule has 1 rings (SSSR count). The van der Waals surface area contributed by atoms with Crippen molar-refractivity contribution < 1.29 is 4.79 Å². The second-order valence-electron chi connectivity index (χ2n) is 3.00. The summed E-state index contributed by atoms with van der Waals surface area (Å²) in [5, 5.41) is 0. The van der Waals surface area contributed by atoms with E-state index >= 15 is 0 Å². The van der Waals surface area contributed by atoms with Gasteiger partial charge in [-0.25, -0.2) is 0 Å². The lowest BCUT2D eigenvalue weighted by atomic mass is 10.00. The Morgan fingerprint density at radius 2 is 2.00 bits per heavy atom. The third-order valence-corrected chi connectivity index (χ3v) is 2.37. The molecule has 0 heterocycles. The first-order chi connectivity index (χ1) is 6.15. The fourth-order valence-corrected chi connectivity index (χ4v) is 1.24. The summed E-state index contributed by atoms with van der Waals surface area (Å²) in [7, 11) is 0. The SMILES string of the molecule is CC(C(N)=O)c1ccc(CCl)cc1. The van der Waals surface area contributed by atoms with Crippen LogP contribution in [-0.4, -0.2) is 5.91 Å². The first-order valence-electron chi connectivity index (χ1n) is 4.09. The molecule has 0 aliphatic heterocycles. The predicted octanol–water partition coefficient (Wildman–Crippen LogP) is 2.01. The van der Waals surface area contributed by atoms with Gasteiger partial charge in [0.2, 0.25) is 5.91 Å². The van der Waals surface area contributed by atoms with Crippen LogP contribution in [0.4, 0.5) is 0 Å². The molecule has 0 saturated heterocycles. The quantitative estimate of drug-likeness (QED) is 0.741. The molecule has 0 fully saturated rings. The lowest BCUT2D eigenvalue weighted by Crippen LogP contribution is -2.18. The van der Waals surface area contributed by atoms with Crippen LogP contribution in [-0.2, 0) is 10.7 Å². The smallest absolute Gasteiger partial charge is 0.224 e. The molecule has 0 aromatic heterocycles. The second kappa shape index (κ2) is 4.28. The van der Waals surface area contributed by atoms with Crippen LogP contribution in [0, 0.1) is 0 Å². The van der Waals surface area contributed by atoms with E-state index in [0.29, 0.717) is 5.88 Å². The summed E-state index contributed by atoms with van der Waals surface area (Å²) in [4.78, 5) is 10.9. The topological polar surface area (TPSA) is 43.1 Å². The molecule has 0 saturated carbocycles. The van der Waals surface area contributed by atoms with Gasteiger partial charge in [0, 0.05) is 5.88 Å². The maximum Gasteiger partial charge on any atom is 0.224 e. The molecule has 13 heavy (non-hydrogen) atoms. The van der Waals surface area contributed by atoms with Gasteiger partial charge in [-0.2, -0.15) is 0 Å². The van der Waals surface area contributed by atoms with Crippen LogP contribution >= 0.6 is 11.6 Å². The van der Waals surface area contributed by atoms with E-state index in [0.717, 1.165) is 11.1 Å². The molecule has 1 atom stereocenters. The van der Waals surface area contributed by atoms with Gasteiger partial charge in [0.25, 0.3) is 0 Å². The summed E-state index contributed by atoms with van der Waals surface area (Å²) in [6.45, 7) is 1.79. The number of carbonyl (C=O) groups excluding carboxylic acids is 1. The van der Waals surface area contributed by atoms with Crippen molar-refractivity contribution in [3.05, 3.63) is 35.4 Å². The van der Waals surface area contributed by atoms with Crippen molar-refractivity contribution in [2.45, 2.75) is 18.7 Å². The average Bonchev–Trinajstić information content (AvgIpc) is 2.17. The highest BCUT2D eigenvalue weighted by atomic mass is 35.5. The number of rotatable bonds is 3. The minimum absolute atomic E-state index is 0.232. The van der Waals surface area contributed by atoms with E-state index in [2.05, 4.69) is 0 Å². The normalized spacial score (nSPS) is 12.5. The Morgan fingerprint density at radius 1 is 1.46 bits per heavy atom. The van der Waals surface area contributed by atoms with Gasteiger partial charge in [0.15, 0.2) is 0 Å². The Hall–Kier alpha value is -1.02. The molecule has 0 aliphatic rings. The van der Waals surface area contributed by atoms with E-state index in [-0.39, 0.29) is 11.8 Å². The Balaban J connectivity index is 2.85. The fraction of sp³-hybridized carbons (Fsp3) is 0.300. The number of benzene rings is 1. The van der Waals surface area contributed by atoms with Crippen LogP contribution in [0.2, 0.25) is 0 Å². The van der Waals surface area contributed by atoms with Crippen LogP contribution in [0.15, 0.2) is 24.3 Å². The van der Waals surface area contributed by atoms with Crippen molar-refractivity contribution >= 4 is 17.5 Å². The largest absolute Gasteiger partial charge is 0.369 e. The van der Waals surface area contributed by atoms with E-state index in [1.807, 2.05) is 24.3 Å². The molecule has 2 N–H and O–H groups in total. The van der Waals surface area contributed by atoms with Gasteiger partial charge in [-0.3, -0.25) is 4.79 Å². The summed E-state index contributed by atoms with van der Waals surface area (Å²) < 4.78 is 0. The monoisotopic (exact) mass is 197 g/mol. The summed E-state index contributed by atoms with van der Waals surface area (Å²) in [6.07, 6.45) is 0. The first-order valence-corrected chi connectivity index (χ1v) is 4.62. The number of primary amides is 1. The van der Waals surface area contributed by atoms with Crippen molar-refractivity contribution in [3.63, 3.8) is 0 Å². The third-order valence-electron chi connectivity index (χ3n) is 2.06. The van der Waals surface area contributed by atoms with Crippen molar-refractivity contribution in [1.82, 2.24) is 0 Å². The Labute approximate surface area is 82.7 Å². The molecule has 1 amide bonds. The molecule has 1 aromatic rings. The molecule has 1 aromatic carbocycles. The molecule has 1 unspecified atom stereocenters. The zero-order valence-corrected chi connectivity index (χ0v) is 8.21. The van der Waals surface area contributed by atoms with Gasteiger partial charge >= 0.3 is 0 Å². The maximum absolute atomic E-state index is 10.9. The number of hydrogen-bond donors (Lipinski definition) is 1. The molecular weight excluding hydrogens is 186 g/mol. The minimum Gasteiger partial charge on any atom is -0.369 e. The molecule has 0 bridgehead atoms. The standard InChI is InChI=1S/C10H12ClNO/c1-7(10(12)13)9-4-2-8(6-11)3-5-9/h2-5,7H,6H2,1H3,(H2,12,13). The van der Waals surface area contributed by atoms with E-state index < -0.39 is 0 Å². The summed E-state index contributed by atoms with van der Waals surface area (Å²) in [5.74, 6) is -0.0476. The molecule has 3 heteroatoms. The highest BCUT2D eigenvalue weighted by Crippen LogP contribution is 2.15. The molecule has 0 aliphatic carbocycles. The number of alkyl halides is 1. The van der Waals surface area contributed by atoms with E-state index in [1.165, 1.54) is 0 Å². The van der Waals surface area contributed by atoms with E-state index in [1.54, 1.807) is 6.92 Å². The molecule has 0 spiro atoms. The molecule has 0 radical (unpaired) electrons. The Kier molecular flexibility index (Phi) is 3.32. The third kappa shape index (κ3) is 2.46. The minimum atomic E-state index is -0.307. The van der Waals surface area contributed by atoms with Gasteiger partial charge < -0.3 is 5.73 Å². The predicted molar refractivity (Wildman–Crippen MR) is 53.6 cm³/mol. The molecular formula is C10H12ClNO. The lowest BCUT2D eigenvalue weighted by molar-refractivity contribution is -0.119. The first kappa shape index (κ1) is 10.1. The summed E-state index contributed by atoms with van der Waals surface area (Å²) >= 11 is 5.63. The van der Waals surface area contributed by atoms with Gasteiger partial charge in [-0.15, -0.1) is 11.6 Å². The van der Waals surface area contributed by atoms with Gasteiger partial charge in [0.1, 0.15) is 0 Å². The van der Waals surface area contributed by atoms with Crippen LogP contribution in [0.1, 0.15) is 24.0 Å². The Morgan fingerprint density at radius 3 is 2.38 bits per heavy atom. The zero-order chi connectivity index (χ0) is 9.84. The van der Waals surface area contributed by atoms with Gasteiger partial charge in [0.05, 0.1) is 5.92 Å². The zero-order valence-electron chi connectivity index (χ0n) is 7.46. The fourth-order valence-electron chi connectivity index (χ4n) is 1.06. The van der Waals surface area contributed by atoms with Crippen molar-refractivity contribution in [3.8, 4) is 0 Å². The van der Waals surface area contributed by atoms with Crippen molar-refractivity contribution in [2.24, 2.45) is 5.73 Å². The number of halogens is 1. The summed E-state index contributed by atoms with van der Waals surface area (Å²) in [5.41, 5.74) is 7.15.